The van der Waals surface area contributed by atoms with Gasteiger partial charge in [0.2, 0.25) is 5.28 Å². The van der Waals surface area contributed by atoms with Crippen molar-refractivity contribution < 1.29 is 4.39 Å². The van der Waals surface area contributed by atoms with Crippen LogP contribution in [0.15, 0.2) is 24.4 Å². The minimum Gasteiger partial charge on any atom is -0.335 e. The molecule has 88 valence electrons. The lowest BCUT2D eigenvalue weighted by Gasteiger charge is -2.09. The van der Waals surface area contributed by atoms with Gasteiger partial charge in [0.25, 0.3) is 0 Å². The van der Waals surface area contributed by atoms with Gasteiger partial charge in [-0.3, -0.25) is 0 Å². The number of rotatable bonds is 2. The monoisotopic (exact) mass is 291 g/mol. The van der Waals surface area contributed by atoms with Crippen LogP contribution in [0.25, 0.3) is 0 Å². The Morgan fingerprint density at radius 3 is 2.41 bits per heavy atom. The van der Waals surface area contributed by atoms with Crippen LogP contribution in [-0.4, -0.2) is 9.97 Å². The SMILES string of the molecule is Fc1cnc(Cl)nc1Nc1c(Cl)cccc1Cl. The van der Waals surface area contributed by atoms with Gasteiger partial charge >= 0.3 is 0 Å². The highest BCUT2D eigenvalue weighted by Crippen LogP contribution is 2.32. The second kappa shape index (κ2) is 5.04. The highest BCUT2D eigenvalue weighted by atomic mass is 35.5. The fourth-order valence-electron chi connectivity index (χ4n) is 1.17. The molecule has 0 spiro atoms. The second-order valence-electron chi connectivity index (χ2n) is 3.06. The van der Waals surface area contributed by atoms with Crippen LogP contribution in [0.3, 0.4) is 0 Å². The smallest absolute Gasteiger partial charge is 0.224 e. The Labute approximate surface area is 112 Å². The minimum atomic E-state index is -0.648. The zero-order valence-corrected chi connectivity index (χ0v) is 10.5. The van der Waals surface area contributed by atoms with Gasteiger partial charge in [-0.25, -0.2) is 9.37 Å². The molecule has 0 atom stereocenters. The first kappa shape index (κ1) is 12.4. The molecular weight excluding hydrogens is 287 g/mol. The topological polar surface area (TPSA) is 37.8 Å². The maximum absolute atomic E-state index is 13.4. The third-order valence-electron chi connectivity index (χ3n) is 1.92. The van der Waals surface area contributed by atoms with Crippen molar-refractivity contribution in [2.24, 2.45) is 0 Å². The summed E-state index contributed by atoms with van der Waals surface area (Å²) >= 11 is 17.4. The fraction of sp³-hybridized carbons (Fsp3) is 0. The molecule has 0 radical (unpaired) electrons. The average Bonchev–Trinajstić information content (AvgIpc) is 2.28. The van der Waals surface area contributed by atoms with Gasteiger partial charge < -0.3 is 5.32 Å². The van der Waals surface area contributed by atoms with Gasteiger partial charge in [-0.05, 0) is 23.7 Å². The van der Waals surface area contributed by atoms with Crippen LogP contribution in [0.2, 0.25) is 15.3 Å². The van der Waals surface area contributed by atoms with E-state index in [2.05, 4.69) is 15.3 Å². The zero-order chi connectivity index (χ0) is 12.4. The molecule has 1 aromatic carbocycles. The molecule has 1 N–H and O–H groups in total. The quantitative estimate of drug-likeness (QED) is 0.838. The summed E-state index contributed by atoms with van der Waals surface area (Å²) in [5.74, 6) is -0.731. The van der Waals surface area contributed by atoms with Crippen LogP contribution >= 0.6 is 34.8 Å². The summed E-state index contributed by atoms with van der Waals surface area (Å²) in [6.45, 7) is 0. The second-order valence-corrected chi connectivity index (χ2v) is 4.21. The van der Waals surface area contributed by atoms with Crippen LogP contribution < -0.4 is 5.32 Å². The highest BCUT2D eigenvalue weighted by Gasteiger charge is 2.10. The van der Waals surface area contributed by atoms with E-state index >= 15 is 0 Å². The maximum atomic E-state index is 13.4. The number of aromatic nitrogens is 2. The summed E-state index contributed by atoms with van der Waals surface area (Å²) < 4.78 is 13.4. The molecule has 0 saturated heterocycles. The summed E-state index contributed by atoms with van der Waals surface area (Å²) in [7, 11) is 0. The third kappa shape index (κ3) is 2.77. The Kier molecular flexibility index (Phi) is 3.66. The molecule has 0 aliphatic rings. The van der Waals surface area contributed by atoms with Crippen LogP contribution in [-0.2, 0) is 0 Å². The molecule has 0 unspecified atom stereocenters. The molecule has 1 heterocycles. The maximum Gasteiger partial charge on any atom is 0.224 e. The van der Waals surface area contributed by atoms with E-state index in [9.17, 15) is 4.39 Å². The molecule has 0 saturated carbocycles. The molecule has 0 bridgehead atoms. The van der Waals surface area contributed by atoms with E-state index in [1.807, 2.05) is 0 Å². The van der Waals surface area contributed by atoms with E-state index in [0.717, 1.165) is 6.20 Å². The van der Waals surface area contributed by atoms with Crippen molar-refractivity contribution >= 4 is 46.3 Å². The molecule has 0 amide bonds. The lowest BCUT2D eigenvalue weighted by atomic mass is 10.3. The van der Waals surface area contributed by atoms with Gasteiger partial charge in [0.15, 0.2) is 11.6 Å². The van der Waals surface area contributed by atoms with Gasteiger partial charge in [-0.2, -0.15) is 4.98 Å². The van der Waals surface area contributed by atoms with Crippen LogP contribution in [0.1, 0.15) is 0 Å². The zero-order valence-electron chi connectivity index (χ0n) is 8.22. The summed E-state index contributed by atoms with van der Waals surface area (Å²) in [6, 6.07) is 4.92. The van der Waals surface area contributed by atoms with Crippen molar-refractivity contribution in [1.82, 2.24) is 9.97 Å². The van der Waals surface area contributed by atoms with E-state index in [-0.39, 0.29) is 11.1 Å². The third-order valence-corrected chi connectivity index (χ3v) is 2.73. The van der Waals surface area contributed by atoms with Crippen LogP contribution in [0, 0.1) is 5.82 Å². The van der Waals surface area contributed by atoms with E-state index in [1.54, 1.807) is 18.2 Å². The number of benzene rings is 1. The normalized spacial score (nSPS) is 10.4. The molecule has 2 rings (SSSR count). The molecule has 0 aliphatic carbocycles. The van der Waals surface area contributed by atoms with Crippen molar-refractivity contribution in [3.63, 3.8) is 0 Å². The highest BCUT2D eigenvalue weighted by molar-refractivity contribution is 6.39. The van der Waals surface area contributed by atoms with E-state index in [1.165, 1.54) is 0 Å². The first-order chi connectivity index (χ1) is 8.08. The predicted octanol–water partition coefficient (Wildman–Crippen LogP) is 4.32. The first-order valence-corrected chi connectivity index (χ1v) is 5.60. The molecule has 3 nitrogen and oxygen atoms in total. The Morgan fingerprint density at radius 2 is 1.76 bits per heavy atom. The predicted molar refractivity (Wildman–Crippen MR) is 66.7 cm³/mol. The standard InChI is InChI=1S/C10H5Cl3FN3/c11-5-2-1-3-6(12)8(5)16-9-7(14)4-15-10(13)17-9/h1-4H,(H,15,16,17). The van der Waals surface area contributed by atoms with Crippen LogP contribution in [0.5, 0.6) is 0 Å². The number of hydrogen-bond acceptors (Lipinski definition) is 3. The van der Waals surface area contributed by atoms with Gasteiger partial charge in [0.1, 0.15) is 0 Å². The van der Waals surface area contributed by atoms with Crippen molar-refractivity contribution in [2.45, 2.75) is 0 Å². The van der Waals surface area contributed by atoms with Crippen molar-refractivity contribution in [3.05, 3.63) is 45.5 Å². The molecule has 0 fully saturated rings. The fourth-order valence-corrected chi connectivity index (χ4v) is 1.79. The Hall–Kier alpha value is -1.10. The number of para-hydroxylation sites is 1. The van der Waals surface area contributed by atoms with Gasteiger partial charge in [0, 0.05) is 0 Å². The van der Waals surface area contributed by atoms with Crippen molar-refractivity contribution in [3.8, 4) is 0 Å². The minimum absolute atomic E-state index is 0.0722. The molecule has 7 heteroatoms. The summed E-state index contributed by atoms with van der Waals surface area (Å²) in [6.07, 6.45) is 0.961. The molecular formula is C10H5Cl3FN3. The van der Waals surface area contributed by atoms with E-state index in [4.69, 9.17) is 34.8 Å². The average molecular weight is 293 g/mol. The Balaban J connectivity index is 2.41. The number of halogens is 4. The molecule has 2 aromatic rings. The van der Waals surface area contributed by atoms with E-state index in [0.29, 0.717) is 15.7 Å². The summed E-state index contributed by atoms with van der Waals surface area (Å²) in [4.78, 5) is 7.20. The molecule has 0 aliphatic heterocycles. The van der Waals surface area contributed by atoms with Crippen LogP contribution in [0.4, 0.5) is 15.9 Å². The van der Waals surface area contributed by atoms with Gasteiger partial charge in [-0.15, -0.1) is 0 Å². The Bertz CT molecular complexity index is 542. The summed E-state index contributed by atoms with van der Waals surface area (Å²) in [5.41, 5.74) is 0.365. The number of anilines is 2. The number of nitrogens with zero attached hydrogens (tertiary/aromatic N) is 2. The van der Waals surface area contributed by atoms with Gasteiger partial charge in [0.05, 0.1) is 21.9 Å². The largest absolute Gasteiger partial charge is 0.335 e. The number of nitrogens with one attached hydrogen (secondary N) is 1. The first-order valence-electron chi connectivity index (χ1n) is 4.47. The number of hydrogen-bond donors (Lipinski definition) is 1. The van der Waals surface area contributed by atoms with E-state index < -0.39 is 5.82 Å². The van der Waals surface area contributed by atoms with Crippen molar-refractivity contribution in [1.29, 1.82) is 0 Å². The van der Waals surface area contributed by atoms with Gasteiger partial charge in [-0.1, -0.05) is 29.3 Å². The lowest BCUT2D eigenvalue weighted by Crippen LogP contribution is -1.99. The molecule has 1 aromatic heterocycles. The Morgan fingerprint density at radius 1 is 1.12 bits per heavy atom. The molecule has 17 heavy (non-hydrogen) atoms. The summed E-state index contributed by atoms with van der Waals surface area (Å²) in [5, 5.41) is 3.31. The lowest BCUT2D eigenvalue weighted by molar-refractivity contribution is 0.619. The van der Waals surface area contributed by atoms with Crippen molar-refractivity contribution in [2.75, 3.05) is 5.32 Å².